The molecular formula is C10H10N2O2. The van der Waals surface area contributed by atoms with Crippen molar-refractivity contribution in [2.24, 2.45) is 0 Å². The van der Waals surface area contributed by atoms with Crippen molar-refractivity contribution in [1.82, 2.24) is 0 Å². The van der Waals surface area contributed by atoms with Crippen LogP contribution in [0.3, 0.4) is 0 Å². The Kier molecular flexibility index (Phi) is 3.19. The maximum absolute atomic E-state index is 10.5. The third-order valence-corrected chi connectivity index (χ3v) is 2.05. The average molecular weight is 190 g/mol. The zero-order valence-electron chi connectivity index (χ0n) is 7.86. The lowest BCUT2D eigenvalue weighted by molar-refractivity contribution is -0.384. The molecule has 0 radical (unpaired) electrons. The molecule has 0 aliphatic carbocycles. The highest BCUT2D eigenvalue weighted by molar-refractivity contribution is 5.41. The molecule has 72 valence electrons. The van der Waals surface area contributed by atoms with E-state index in [1.165, 1.54) is 12.1 Å². The van der Waals surface area contributed by atoms with Gasteiger partial charge in [0.25, 0.3) is 5.69 Å². The van der Waals surface area contributed by atoms with Crippen LogP contribution in [-0.4, -0.2) is 4.92 Å². The summed E-state index contributed by atoms with van der Waals surface area (Å²) < 4.78 is 0. The number of nitro benzene ring substituents is 1. The van der Waals surface area contributed by atoms with Crippen LogP contribution >= 0.6 is 0 Å². The van der Waals surface area contributed by atoms with Gasteiger partial charge in [0.15, 0.2) is 0 Å². The first-order valence-electron chi connectivity index (χ1n) is 4.32. The molecular weight excluding hydrogens is 180 g/mol. The maximum atomic E-state index is 10.5. The molecule has 0 saturated heterocycles. The topological polar surface area (TPSA) is 66.9 Å². The number of benzene rings is 1. The Labute approximate surface area is 81.9 Å². The van der Waals surface area contributed by atoms with Crippen molar-refractivity contribution in [2.45, 2.75) is 19.8 Å². The van der Waals surface area contributed by atoms with E-state index < -0.39 is 4.92 Å². The van der Waals surface area contributed by atoms with Gasteiger partial charge in [0, 0.05) is 12.1 Å². The van der Waals surface area contributed by atoms with Crippen LogP contribution in [0.5, 0.6) is 0 Å². The molecule has 0 bridgehead atoms. The van der Waals surface area contributed by atoms with Crippen LogP contribution in [0.2, 0.25) is 0 Å². The van der Waals surface area contributed by atoms with Gasteiger partial charge < -0.3 is 0 Å². The summed E-state index contributed by atoms with van der Waals surface area (Å²) >= 11 is 0. The maximum Gasteiger partial charge on any atom is 0.269 e. The molecule has 0 saturated carbocycles. The highest BCUT2D eigenvalue weighted by Gasteiger charge is 2.09. The molecule has 0 unspecified atom stereocenters. The molecule has 0 aromatic heterocycles. The van der Waals surface area contributed by atoms with E-state index in [1.807, 2.05) is 13.0 Å². The Balaban J connectivity index is 3.15. The number of nitriles is 1. The SMILES string of the molecule is CCc1ccc([N+](=O)[O-])cc1CC#N. The summed E-state index contributed by atoms with van der Waals surface area (Å²) in [5.74, 6) is 0. The quantitative estimate of drug-likeness (QED) is 0.542. The summed E-state index contributed by atoms with van der Waals surface area (Å²) in [4.78, 5) is 10.0. The summed E-state index contributed by atoms with van der Waals surface area (Å²) in [6.07, 6.45) is 1.01. The normalized spacial score (nSPS) is 9.43. The van der Waals surface area contributed by atoms with E-state index in [9.17, 15) is 10.1 Å². The van der Waals surface area contributed by atoms with E-state index in [2.05, 4.69) is 0 Å². The lowest BCUT2D eigenvalue weighted by Crippen LogP contribution is -1.95. The Morgan fingerprint density at radius 3 is 2.71 bits per heavy atom. The Morgan fingerprint density at radius 2 is 2.21 bits per heavy atom. The first-order valence-corrected chi connectivity index (χ1v) is 4.32. The van der Waals surface area contributed by atoms with Gasteiger partial charge in [-0.1, -0.05) is 13.0 Å². The molecule has 1 aromatic rings. The second-order valence-corrected chi connectivity index (χ2v) is 2.90. The molecule has 1 rings (SSSR count). The van der Waals surface area contributed by atoms with Crippen LogP contribution in [-0.2, 0) is 12.8 Å². The van der Waals surface area contributed by atoms with Gasteiger partial charge in [0.1, 0.15) is 0 Å². The lowest BCUT2D eigenvalue weighted by Gasteiger charge is -2.02. The standard InChI is InChI=1S/C10H10N2O2/c1-2-8-3-4-10(12(13)14)7-9(8)5-6-11/h3-4,7H,2,5H2,1H3. The van der Waals surface area contributed by atoms with Crippen LogP contribution in [0.4, 0.5) is 5.69 Å². The number of hydrogen-bond donors (Lipinski definition) is 0. The third-order valence-electron chi connectivity index (χ3n) is 2.05. The van der Waals surface area contributed by atoms with Gasteiger partial charge in [0.05, 0.1) is 17.4 Å². The predicted octanol–water partition coefficient (Wildman–Crippen LogP) is 2.22. The molecule has 14 heavy (non-hydrogen) atoms. The van der Waals surface area contributed by atoms with E-state index in [0.29, 0.717) is 0 Å². The summed E-state index contributed by atoms with van der Waals surface area (Å²) in [6.45, 7) is 1.96. The fraction of sp³-hybridized carbons (Fsp3) is 0.300. The zero-order chi connectivity index (χ0) is 10.6. The van der Waals surface area contributed by atoms with Gasteiger partial charge in [-0.15, -0.1) is 0 Å². The van der Waals surface area contributed by atoms with Crippen LogP contribution in [0.15, 0.2) is 18.2 Å². The van der Waals surface area contributed by atoms with Crippen molar-refractivity contribution in [1.29, 1.82) is 5.26 Å². The van der Waals surface area contributed by atoms with Crippen LogP contribution in [0.1, 0.15) is 18.1 Å². The number of rotatable bonds is 3. The number of nitrogens with zero attached hydrogens (tertiary/aromatic N) is 2. The Hall–Kier alpha value is -1.89. The monoisotopic (exact) mass is 190 g/mol. The van der Waals surface area contributed by atoms with Crippen LogP contribution in [0, 0.1) is 21.4 Å². The van der Waals surface area contributed by atoms with Gasteiger partial charge in [0.2, 0.25) is 0 Å². The number of nitro groups is 1. The number of hydrogen-bond acceptors (Lipinski definition) is 3. The van der Waals surface area contributed by atoms with Gasteiger partial charge in [-0.3, -0.25) is 10.1 Å². The minimum atomic E-state index is -0.444. The van der Waals surface area contributed by atoms with Crippen molar-refractivity contribution in [3.63, 3.8) is 0 Å². The third kappa shape index (κ3) is 2.07. The molecule has 0 fully saturated rings. The fourth-order valence-electron chi connectivity index (χ4n) is 1.32. The lowest BCUT2D eigenvalue weighted by atomic mass is 10.0. The molecule has 4 nitrogen and oxygen atoms in total. The van der Waals surface area contributed by atoms with Crippen molar-refractivity contribution in [2.75, 3.05) is 0 Å². The van der Waals surface area contributed by atoms with Crippen LogP contribution < -0.4 is 0 Å². The fourth-order valence-corrected chi connectivity index (χ4v) is 1.32. The predicted molar refractivity (Wildman–Crippen MR) is 51.8 cm³/mol. The molecule has 0 heterocycles. The van der Waals surface area contributed by atoms with Gasteiger partial charge in [-0.2, -0.15) is 5.26 Å². The molecule has 0 N–H and O–H groups in total. The van der Waals surface area contributed by atoms with E-state index >= 15 is 0 Å². The highest BCUT2D eigenvalue weighted by Crippen LogP contribution is 2.18. The molecule has 1 aromatic carbocycles. The zero-order valence-corrected chi connectivity index (χ0v) is 7.86. The average Bonchev–Trinajstić information content (AvgIpc) is 2.18. The van der Waals surface area contributed by atoms with Crippen molar-refractivity contribution < 1.29 is 4.92 Å². The molecule has 0 amide bonds. The second kappa shape index (κ2) is 4.38. The summed E-state index contributed by atoms with van der Waals surface area (Å²) in [5, 5.41) is 19.0. The van der Waals surface area contributed by atoms with Crippen LogP contribution in [0.25, 0.3) is 0 Å². The summed E-state index contributed by atoms with van der Waals surface area (Å²) in [5.41, 5.74) is 1.80. The van der Waals surface area contributed by atoms with Gasteiger partial charge in [-0.05, 0) is 17.5 Å². The molecule has 4 heteroatoms. The van der Waals surface area contributed by atoms with E-state index in [-0.39, 0.29) is 12.1 Å². The van der Waals surface area contributed by atoms with E-state index in [1.54, 1.807) is 6.07 Å². The molecule has 0 atom stereocenters. The number of aryl methyl sites for hydroxylation is 1. The largest absolute Gasteiger partial charge is 0.269 e. The highest BCUT2D eigenvalue weighted by atomic mass is 16.6. The van der Waals surface area contributed by atoms with E-state index in [4.69, 9.17) is 5.26 Å². The Bertz CT molecular complexity index is 394. The minimum absolute atomic E-state index is 0.0486. The molecule has 0 aliphatic rings. The summed E-state index contributed by atoms with van der Waals surface area (Å²) in [6, 6.07) is 6.66. The smallest absolute Gasteiger partial charge is 0.258 e. The Morgan fingerprint density at radius 1 is 1.50 bits per heavy atom. The molecule has 0 aliphatic heterocycles. The van der Waals surface area contributed by atoms with Gasteiger partial charge in [-0.25, -0.2) is 0 Å². The first kappa shape index (κ1) is 10.2. The molecule has 0 spiro atoms. The number of non-ortho nitro benzene ring substituents is 1. The van der Waals surface area contributed by atoms with Crippen molar-refractivity contribution in [3.05, 3.63) is 39.4 Å². The second-order valence-electron chi connectivity index (χ2n) is 2.90. The van der Waals surface area contributed by atoms with E-state index in [0.717, 1.165) is 17.5 Å². The van der Waals surface area contributed by atoms with Gasteiger partial charge >= 0.3 is 0 Å². The van der Waals surface area contributed by atoms with Crippen molar-refractivity contribution >= 4 is 5.69 Å². The minimum Gasteiger partial charge on any atom is -0.258 e. The summed E-state index contributed by atoms with van der Waals surface area (Å²) in [7, 11) is 0. The first-order chi connectivity index (χ1) is 6.69. The van der Waals surface area contributed by atoms with Crippen molar-refractivity contribution in [3.8, 4) is 6.07 Å².